The highest BCUT2D eigenvalue weighted by atomic mass is 31.2. The Morgan fingerprint density at radius 3 is 2.13 bits per heavy atom. The van der Waals surface area contributed by atoms with Gasteiger partial charge in [-0.3, -0.25) is 9.88 Å². The van der Waals surface area contributed by atoms with Crippen LogP contribution in [0, 0.1) is 0 Å². The number of aliphatic hydroxyl groups excluding tert-OH is 4. The average Bonchev–Trinajstić information content (AvgIpc) is 2.41. The van der Waals surface area contributed by atoms with Crippen LogP contribution in [0.1, 0.15) is 0 Å². The predicted molar refractivity (Wildman–Crippen MR) is 70.0 cm³/mol. The molecule has 0 bridgehead atoms. The molecule has 1 aromatic rings. The first kappa shape index (κ1) is 19.6. The monoisotopic (exact) mass is 356 g/mol. The van der Waals surface area contributed by atoms with Crippen molar-refractivity contribution in [3.8, 4) is 0 Å². The summed E-state index contributed by atoms with van der Waals surface area (Å²) >= 11 is 0. The second kappa shape index (κ2) is 7.87. The second-order valence-electron chi connectivity index (χ2n) is 4.38. The fraction of sp³-hybridized carbons (Fsp3) is 0.625. The fourth-order valence-electron chi connectivity index (χ4n) is 1.45. The van der Waals surface area contributed by atoms with E-state index in [0.717, 1.165) is 5.32 Å². The lowest BCUT2D eigenvalue weighted by Gasteiger charge is -2.25. The lowest BCUT2D eigenvalue weighted by Crippen LogP contribution is -2.89. The summed E-state index contributed by atoms with van der Waals surface area (Å²) in [6.45, 7) is -1.03. The van der Waals surface area contributed by atoms with Gasteiger partial charge >= 0.3 is 5.95 Å². The van der Waals surface area contributed by atoms with Gasteiger partial charge in [-0.25, -0.2) is 0 Å². The zero-order chi connectivity index (χ0) is 17.8. The molecule has 0 fully saturated rings. The highest BCUT2D eigenvalue weighted by Gasteiger charge is 2.34. The molecule has 15 heteroatoms. The molecule has 0 amide bonds. The van der Waals surface area contributed by atoms with Crippen molar-refractivity contribution in [2.24, 2.45) is 0 Å². The SMILES string of the molecule is Nc1nc(N)nc([NH2+]C(O)[C@H](O)[C@H](O)[C@H](O)COP(=O)([O-])O)n1. The first-order valence-electron chi connectivity index (χ1n) is 6.02. The Morgan fingerprint density at radius 2 is 1.65 bits per heavy atom. The smallest absolute Gasteiger partial charge is 0.334 e. The quantitative estimate of drug-likeness (QED) is 0.159. The molecule has 1 aromatic heterocycles. The number of hydrogen-bond acceptors (Lipinski definition) is 12. The molecule has 132 valence electrons. The van der Waals surface area contributed by atoms with E-state index >= 15 is 0 Å². The van der Waals surface area contributed by atoms with Gasteiger partial charge in [0.15, 0.2) is 6.10 Å². The first-order chi connectivity index (χ1) is 10.5. The van der Waals surface area contributed by atoms with Crippen LogP contribution in [0.5, 0.6) is 0 Å². The lowest BCUT2D eigenvalue weighted by molar-refractivity contribution is -0.670. The van der Waals surface area contributed by atoms with E-state index in [0.29, 0.717) is 0 Å². The van der Waals surface area contributed by atoms with E-state index in [1.807, 2.05) is 0 Å². The number of nitrogens with zero attached hydrogens (tertiary/aromatic N) is 3. The van der Waals surface area contributed by atoms with E-state index in [2.05, 4.69) is 19.5 Å². The average molecular weight is 356 g/mol. The number of rotatable bonds is 8. The maximum atomic E-state index is 10.4. The summed E-state index contributed by atoms with van der Waals surface area (Å²) in [5.74, 6) is -0.680. The molecule has 2 unspecified atom stereocenters. The summed E-state index contributed by atoms with van der Waals surface area (Å²) < 4.78 is 14.2. The molecule has 0 aliphatic heterocycles. The van der Waals surface area contributed by atoms with Crippen LogP contribution >= 0.6 is 7.82 Å². The van der Waals surface area contributed by atoms with Crippen LogP contribution in [-0.2, 0) is 9.09 Å². The van der Waals surface area contributed by atoms with Crippen molar-refractivity contribution >= 4 is 25.7 Å². The Hall–Kier alpha value is -1.48. The minimum Gasteiger partial charge on any atom is -0.756 e. The largest absolute Gasteiger partial charge is 0.756 e. The van der Waals surface area contributed by atoms with Gasteiger partial charge in [-0.05, 0) is 0 Å². The molecule has 11 N–H and O–H groups in total. The number of anilines is 2. The maximum absolute atomic E-state index is 10.4. The van der Waals surface area contributed by atoms with Crippen molar-refractivity contribution in [3.63, 3.8) is 0 Å². The van der Waals surface area contributed by atoms with Gasteiger partial charge in [-0.1, -0.05) is 0 Å². The van der Waals surface area contributed by atoms with Crippen molar-refractivity contribution < 1.29 is 44.6 Å². The minimum atomic E-state index is -5.11. The Kier molecular flexibility index (Phi) is 6.69. The Morgan fingerprint density at radius 1 is 1.13 bits per heavy atom. The normalized spacial score (nSPS) is 19.6. The van der Waals surface area contributed by atoms with Gasteiger partial charge in [0.25, 0.3) is 7.82 Å². The van der Waals surface area contributed by atoms with E-state index in [4.69, 9.17) is 16.4 Å². The zero-order valence-electron chi connectivity index (χ0n) is 11.5. The molecule has 0 spiro atoms. The van der Waals surface area contributed by atoms with Crippen LogP contribution in [-0.4, -0.2) is 71.4 Å². The van der Waals surface area contributed by atoms with Gasteiger partial charge < -0.3 is 46.2 Å². The highest BCUT2D eigenvalue weighted by Crippen LogP contribution is 2.30. The van der Waals surface area contributed by atoms with Gasteiger partial charge in [-0.15, -0.1) is 9.97 Å². The molecular formula is C8H17N6O8P. The van der Waals surface area contributed by atoms with Crippen LogP contribution in [0.15, 0.2) is 0 Å². The number of quaternary nitrogens is 1. The third kappa shape index (κ3) is 6.66. The van der Waals surface area contributed by atoms with Gasteiger partial charge in [0.1, 0.15) is 12.2 Å². The number of phosphoric ester groups is 1. The van der Waals surface area contributed by atoms with Gasteiger partial charge in [0.05, 0.1) is 6.61 Å². The molecule has 0 aliphatic carbocycles. The zero-order valence-corrected chi connectivity index (χ0v) is 12.4. The van der Waals surface area contributed by atoms with Crippen LogP contribution in [0.4, 0.5) is 17.8 Å². The molecule has 0 aliphatic rings. The van der Waals surface area contributed by atoms with Gasteiger partial charge in [0.2, 0.25) is 18.1 Å². The first-order valence-corrected chi connectivity index (χ1v) is 7.51. The summed E-state index contributed by atoms with van der Waals surface area (Å²) in [7, 11) is -5.11. The molecule has 5 atom stereocenters. The third-order valence-electron chi connectivity index (χ3n) is 2.51. The number of phosphoric acid groups is 1. The van der Waals surface area contributed by atoms with Crippen molar-refractivity contribution in [1.82, 2.24) is 15.0 Å². The third-order valence-corrected chi connectivity index (χ3v) is 2.98. The number of aliphatic hydroxyl groups is 4. The molecule has 14 nitrogen and oxygen atoms in total. The van der Waals surface area contributed by atoms with Crippen molar-refractivity contribution in [1.29, 1.82) is 0 Å². The van der Waals surface area contributed by atoms with Crippen LogP contribution in [0.25, 0.3) is 0 Å². The van der Waals surface area contributed by atoms with Gasteiger partial charge in [-0.2, -0.15) is 4.98 Å². The minimum absolute atomic E-state index is 0.195. The van der Waals surface area contributed by atoms with Crippen molar-refractivity contribution in [3.05, 3.63) is 0 Å². The molecule has 0 saturated heterocycles. The fourth-order valence-corrected chi connectivity index (χ4v) is 1.79. The molecule has 1 heterocycles. The number of aromatic nitrogens is 3. The number of nitrogen functional groups attached to an aromatic ring is 2. The predicted octanol–water partition coefficient (Wildman–Crippen LogP) is -5.89. The molecule has 0 saturated carbocycles. The molecular weight excluding hydrogens is 339 g/mol. The van der Waals surface area contributed by atoms with E-state index < -0.39 is 39.0 Å². The summed E-state index contributed by atoms with van der Waals surface area (Å²) in [6, 6.07) is 0. The Labute approximate surface area is 129 Å². The van der Waals surface area contributed by atoms with E-state index in [-0.39, 0.29) is 17.8 Å². The summed E-state index contributed by atoms with van der Waals surface area (Å²) in [5.41, 5.74) is 10.6. The molecule has 1 rings (SSSR count). The maximum Gasteiger partial charge on any atom is 0.334 e. The summed E-state index contributed by atoms with van der Waals surface area (Å²) in [5, 5.41) is 39.4. The van der Waals surface area contributed by atoms with E-state index in [9.17, 15) is 29.9 Å². The van der Waals surface area contributed by atoms with Crippen molar-refractivity contribution in [2.75, 3.05) is 18.1 Å². The van der Waals surface area contributed by atoms with E-state index in [1.165, 1.54) is 0 Å². The standard InChI is InChI=1S/C8H17N6O8P/c9-6-12-7(10)14-8(13-6)11-5(18)4(17)3(16)2(15)1-22-23(19,20)21/h2-5,15-18H,1H2,(H2,19,20,21)(H5,9,10,11,12,13,14)/t2-,3-,4-,5?/m1/s1. The lowest BCUT2D eigenvalue weighted by atomic mass is 10.1. The summed E-state index contributed by atoms with van der Waals surface area (Å²) in [6.07, 6.45) is -7.66. The van der Waals surface area contributed by atoms with Crippen LogP contribution < -0.4 is 21.7 Å². The van der Waals surface area contributed by atoms with Crippen LogP contribution in [0.3, 0.4) is 0 Å². The number of hydrogen-bond donors (Lipinski definition) is 8. The summed E-state index contributed by atoms with van der Waals surface area (Å²) in [4.78, 5) is 29.4. The molecule has 23 heavy (non-hydrogen) atoms. The molecule has 0 radical (unpaired) electrons. The topological polar surface area (TPSA) is 258 Å². The highest BCUT2D eigenvalue weighted by molar-refractivity contribution is 7.44. The Bertz CT molecular complexity index is 551. The van der Waals surface area contributed by atoms with E-state index in [1.54, 1.807) is 0 Å². The van der Waals surface area contributed by atoms with Gasteiger partial charge in [0, 0.05) is 0 Å². The number of nitrogens with two attached hydrogens (primary N) is 3. The van der Waals surface area contributed by atoms with Crippen LogP contribution in [0.2, 0.25) is 0 Å². The molecule has 0 aromatic carbocycles. The second-order valence-corrected chi connectivity index (χ2v) is 5.58. The van der Waals surface area contributed by atoms with Crippen molar-refractivity contribution in [2.45, 2.75) is 24.5 Å². The Balaban J connectivity index is 2.63.